The van der Waals surface area contributed by atoms with E-state index in [0.29, 0.717) is 16.7 Å². The first-order valence-corrected chi connectivity index (χ1v) is 7.15. The van der Waals surface area contributed by atoms with Gasteiger partial charge in [-0.1, -0.05) is 47.5 Å². The number of hydrogen-bond acceptors (Lipinski definition) is 2. The summed E-state index contributed by atoms with van der Waals surface area (Å²) < 4.78 is 5.89. The maximum Gasteiger partial charge on any atom is 0.141 e. The molecule has 0 aromatic heterocycles. The molecule has 0 aliphatic rings. The maximum absolute atomic E-state index is 9.96. The predicted molar refractivity (Wildman–Crippen MR) is 82.4 cm³/mol. The van der Waals surface area contributed by atoms with Gasteiger partial charge in [0.05, 0.1) is 6.61 Å². The van der Waals surface area contributed by atoms with Crippen molar-refractivity contribution in [2.75, 3.05) is 13.2 Å². The zero-order valence-electron chi connectivity index (χ0n) is 11.1. The molecule has 0 fully saturated rings. The average molecular weight is 311 g/mol. The fraction of sp³-hybridized carbons (Fsp3) is 0.250. The van der Waals surface area contributed by atoms with Crippen LogP contribution >= 0.6 is 23.2 Å². The minimum Gasteiger partial charge on any atom is -0.393 e. The first-order valence-electron chi connectivity index (χ1n) is 6.39. The maximum atomic E-state index is 9.96. The van der Waals surface area contributed by atoms with Crippen molar-refractivity contribution in [3.8, 4) is 0 Å². The molecular formula is C16H16Cl2O2. The summed E-state index contributed by atoms with van der Waals surface area (Å²) >= 11 is 11.9. The number of hydrogen-bond donors (Lipinski definition) is 1. The van der Waals surface area contributed by atoms with Gasteiger partial charge in [-0.3, -0.25) is 0 Å². The van der Waals surface area contributed by atoms with Gasteiger partial charge < -0.3 is 9.84 Å². The Morgan fingerprint density at radius 3 is 1.60 bits per heavy atom. The third-order valence-corrected chi connectivity index (χ3v) is 3.74. The normalized spacial score (nSPS) is 11.6. The van der Waals surface area contributed by atoms with Gasteiger partial charge in [0.2, 0.25) is 0 Å². The van der Waals surface area contributed by atoms with Crippen LogP contribution in [0.4, 0.5) is 0 Å². The molecule has 2 rings (SSSR count). The van der Waals surface area contributed by atoms with E-state index < -0.39 is 5.60 Å². The van der Waals surface area contributed by atoms with Crippen LogP contribution in [-0.2, 0) is 10.3 Å². The molecule has 0 amide bonds. The summed E-state index contributed by atoms with van der Waals surface area (Å²) in [5.41, 5.74) is 0.811. The third-order valence-electron chi connectivity index (χ3n) is 3.23. The second kappa shape index (κ2) is 6.59. The highest BCUT2D eigenvalue weighted by Crippen LogP contribution is 2.34. The number of rotatable bonds is 5. The van der Waals surface area contributed by atoms with E-state index in [-0.39, 0.29) is 6.61 Å². The monoisotopic (exact) mass is 310 g/mol. The van der Waals surface area contributed by atoms with Crippen LogP contribution in [0.1, 0.15) is 18.1 Å². The standard InChI is InChI=1S/C16H16Cl2O2/c1-2-20-16(11-19,12-3-7-14(17)8-4-12)13-5-9-15(18)10-6-13/h3-10,19H,2,11H2,1H3. The zero-order chi connectivity index (χ0) is 14.6. The summed E-state index contributed by atoms with van der Waals surface area (Å²) in [5, 5.41) is 11.3. The molecule has 0 saturated heterocycles. The Balaban J connectivity index is 2.54. The SMILES string of the molecule is CCOC(CO)(c1ccc(Cl)cc1)c1ccc(Cl)cc1. The molecule has 0 bridgehead atoms. The van der Waals surface area contributed by atoms with E-state index in [1.54, 1.807) is 24.3 Å². The summed E-state index contributed by atoms with van der Waals surface area (Å²) in [4.78, 5) is 0. The van der Waals surface area contributed by atoms with Gasteiger partial charge >= 0.3 is 0 Å². The number of benzene rings is 2. The molecule has 4 heteroatoms. The van der Waals surface area contributed by atoms with Gasteiger partial charge in [-0.2, -0.15) is 0 Å². The summed E-state index contributed by atoms with van der Waals surface area (Å²) in [6.45, 7) is 2.21. The van der Waals surface area contributed by atoms with Crippen LogP contribution in [-0.4, -0.2) is 18.3 Å². The van der Waals surface area contributed by atoms with Crippen LogP contribution < -0.4 is 0 Å². The van der Waals surface area contributed by atoms with E-state index >= 15 is 0 Å². The van der Waals surface area contributed by atoms with Gasteiger partial charge in [-0.25, -0.2) is 0 Å². The molecule has 1 N–H and O–H groups in total. The van der Waals surface area contributed by atoms with E-state index in [2.05, 4.69) is 0 Å². The minimum absolute atomic E-state index is 0.163. The minimum atomic E-state index is -0.899. The summed E-state index contributed by atoms with van der Waals surface area (Å²) in [6, 6.07) is 14.6. The Kier molecular flexibility index (Phi) is 5.06. The largest absolute Gasteiger partial charge is 0.393 e. The molecule has 0 saturated carbocycles. The van der Waals surface area contributed by atoms with E-state index in [0.717, 1.165) is 11.1 Å². The van der Waals surface area contributed by atoms with Gasteiger partial charge in [-0.15, -0.1) is 0 Å². The molecule has 0 radical (unpaired) electrons. The molecule has 2 aromatic carbocycles. The first-order chi connectivity index (χ1) is 9.62. The van der Waals surface area contributed by atoms with E-state index in [1.807, 2.05) is 31.2 Å². The topological polar surface area (TPSA) is 29.5 Å². The average Bonchev–Trinajstić information content (AvgIpc) is 2.47. The molecule has 0 aliphatic heterocycles. The Labute approximate surface area is 128 Å². The number of aliphatic hydroxyl groups is 1. The molecule has 106 valence electrons. The van der Waals surface area contributed by atoms with Crippen molar-refractivity contribution in [2.24, 2.45) is 0 Å². The Morgan fingerprint density at radius 1 is 0.900 bits per heavy atom. The predicted octanol–water partition coefficient (Wildman–Crippen LogP) is 4.27. The van der Waals surface area contributed by atoms with Crippen molar-refractivity contribution in [3.63, 3.8) is 0 Å². The van der Waals surface area contributed by atoms with Crippen molar-refractivity contribution in [3.05, 3.63) is 69.7 Å². The Morgan fingerprint density at radius 2 is 1.30 bits per heavy atom. The lowest BCUT2D eigenvalue weighted by atomic mass is 9.86. The van der Waals surface area contributed by atoms with Crippen molar-refractivity contribution >= 4 is 23.2 Å². The molecule has 0 unspecified atom stereocenters. The second-order valence-corrected chi connectivity index (χ2v) is 5.30. The summed E-state index contributed by atoms with van der Waals surface area (Å²) in [7, 11) is 0. The quantitative estimate of drug-likeness (QED) is 0.894. The summed E-state index contributed by atoms with van der Waals surface area (Å²) in [5.74, 6) is 0. The van der Waals surface area contributed by atoms with E-state index in [4.69, 9.17) is 27.9 Å². The highest BCUT2D eigenvalue weighted by Gasteiger charge is 2.34. The van der Waals surface area contributed by atoms with Gasteiger partial charge in [0.15, 0.2) is 0 Å². The number of halogens is 2. The van der Waals surface area contributed by atoms with Gasteiger partial charge in [-0.05, 0) is 42.3 Å². The Bertz CT molecular complexity index is 504. The van der Waals surface area contributed by atoms with Crippen LogP contribution in [0.3, 0.4) is 0 Å². The van der Waals surface area contributed by atoms with Gasteiger partial charge in [0.25, 0.3) is 0 Å². The van der Waals surface area contributed by atoms with Crippen molar-refractivity contribution in [1.29, 1.82) is 0 Å². The van der Waals surface area contributed by atoms with Crippen LogP contribution in [0.2, 0.25) is 10.0 Å². The third kappa shape index (κ3) is 2.99. The van der Waals surface area contributed by atoms with Crippen LogP contribution in [0.5, 0.6) is 0 Å². The number of aliphatic hydroxyl groups excluding tert-OH is 1. The molecule has 2 nitrogen and oxygen atoms in total. The van der Waals surface area contributed by atoms with Crippen LogP contribution in [0, 0.1) is 0 Å². The molecule has 0 atom stereocenters. The molecule has 0 spiro atoms. The molecule has 0 heterocycles. The molecule has 0 aliphatic carbocycles. The van der Waals surface area contributed by atoms with Crippen LogP contribution in [0.25, 0.3) is 0 Å². The van der Waals surface area contributed by atoms with Gasteiger partial charge in [0, 0.05) is 16.7 Å². The summed E-state index contributed by atoms with van der Waals surface area (Å²) in [6.07, 6.45) is 0. The Hall–Kier alpha value is -1.06. The zero-order valence-corrected chi connectivity index (χ0v) is 12.7. The molecular weight excluding hydrogens is 295 g/mol. The van der Waals surface area contributed by atoms with Crippen molar-refractivity contribution in [2.45, 2.75) is 12.5 Å². The highest BCUT2D eigenvalue weighted by molar-refractivity contribution is 6.30. The smallest absolute Gasteiger partial charge is 0.141 e. The van der Waals surface area contributed by atoms with E-state index in [1.165, 1.54) is 0 Å². The lowest BCUT2D eigenvalue weighted by Gasteiger charge is -2.33. The fourth-order valence-corrected chi connectivity index (χ4v) is 2.50. The molecule has 20 heavy (non-hydrogen) atoms. The number of ether oxygens (including phenoxy) is 1. The van der Waals surface area contributed by atoms with Crippen LogP contribution in [0.15, 0.2) is 48.5 Å². The lowest BCUT2D eigenvalue weighted by Crippen LogP contribution is -2.35. The molecule has 2 aromatic rings. The highest BCUT2D eigenvalue weighted by atomic mass is 35.5. The lowest BCUT2D eigenvalue weighted by molar-refractivity contribution is -0.0496. The van der Waals surface area contributed by atoms with Gasteiger partial charge in [0.1, 0.15) is 5.60 Å². The van der Waals surface area contributed by atoms with Crippen molar-refractivity contribution in [1.82, 2.24) is 0 Å². The van der Waals surface area contributed by atoms with E-state index in [9.17, 15) is 5.11 Å². The second-order valence-electron chi connectivity index (χ2n) is 4.43. The van der Waals surface area contributed by atoms with Crippen molar-refractivity contribution < 1.29 is 9.84 Å². The first kappa shape index (κ1) is 15.3. The fourth-order valence-electron chi connectivity index (χ4n) is 2.25.